The molecule has 6 heteroatoms. The molecule has 0 spiro atoms. The van der Waals surface area contributed by atoms with Gasteiger partial charge in [0, 0.05) is 12.4 Å². The molecular formula is C11H17N3O2S. The zero-order chi connectivity index (χ0) is 12.3. The van der Waals surface area contributed by atoms with Crippen molar-refractivity contribution < 1.29 is 8.42 Å². The minimum absolute atomic E-state index is 0.138. The van der Waals surface area contributed by atoms with Crippen molar-refractivity contribution in [3.05, 3.63) is 18.1 Å². The molecular weight excluding hydrogens is 238 g/mol. The third kappa shape index (κ3) is 3.01. The second-order valence-electron chi connectivity index (χ2n) is 4.42. The Kier molecular flexibility index (Phi) is 3.73. The summed E-state index contributed by atoms with van der Waals surface area (Å²) in [7, 11) is -3.29. The highest BCUT2D eigenvalue weighted by Gasteiger charge is 2.25. The van der Waals surface area contributed by atoms with Crippen LogP contribution >= 0.6 is 0 Å². The van der Waals surface area contributed by atoms with Gasteiger partial charge < -0.3 is 5.32 Å². The molecule has 1 fully saturated rings. The molecule has 0 unspecified atom stereocenters. The molecule has 0 amide bonds. The molecule has 94 valence electrons. The van der Waals surface area contributed by atoms with Gasteiger partial charge in [-0.3, -0.25) is 4.98 Å². The maximum absolute atomic E-state index is 12.2. The normalized spacial score (nSPS) is 18.2. The van der Waals surface area contributed by atoms with Gasteiger partial charge in [0.2, 0.25) is 0 Å². The molecule has 1 aromatic heterocycles. The second-order valence-corrected chi connectivity index (χ2v) is 6.37. The Hall–Kier alpha value is -1.01. The lowest BCUT2D eigenvalue weighted by Gasteiger charge is -2.22. The Morgan fingerprint density at radius 1 is 1.29 bits per heavy atom. The van der Waals surface area contributed by atoms with Gasteiger partial charge in [0.05, 0.1) is 11.4 Å². The number of hydrogen-bond donors (Lipinski definition) is 1. The predicted molar refractivity (Wildman–Crippen MR) is 64.4 cm³/mol. The molecule has 0 atom stereocenters. The molecule has 0 aromatic carbocycles. The van der Waals surface area contributed by atoms with Crippen LogP contribution in [0.4, 0.5) is 0 Å². The highest BCUT2D eigenvalue weighted by atomic mass is 32.2. The Morgan fingerprint density at radius 3 is 2.59 bits per heavy atom. The van der Waals surface area contributed by atoms with Crippen LogP contribution in [0.15, 0.2) is 17.4 Å². The van der Waals surface area contributed by atoms with Gasteiger partial charge in [-0.2, -0.15) is 0 Å². The standard InChI is InChI=1S/C11H17N3O2S/c1-9-11(14-7-6-13-9)17(15,16)8-10-2-4-12-5-3-10/h6-7,10,12H,2-5,8H2,1H3. The molecule has 1 aliphatic rings. The first-order chi connectivity index (χ1) is 8.09. The average molecular weight is 255 g/mol. The molecule has 5 nitrogen and oxygen atoms in total. The minimum atomic E-state index is -3.29. The van der Waals surface area contributed by atoms with Gasteiger partial charge >= 0.3 is 0 Å². The Morgan fingerprint density at radius 2 is 1.94 bits per heavy atom. The van der Waals surface area contributed by atoms with E-state index in [1.165, 1.54) is 12.4 Å². The zero-order valence-electron chi connectivity index (χ0n) is 9.89. The monoisotopic (exact) mass is 255 g/mol. The molecule has 17 heavy (non-hydrogen) atoms. The van der Waals surface area contributed by atoms with Gasteiger partial charge in [-0.1, -0.05) is 0 Å². The number of hydrogen-bond acceptors (Lipinski definition) is 5. The lowest BCUT2D eigenvalue weighted by atomic mass is 10.0. The van der Waals surface area contributed by atoms with Crippen molar-refractivity contribution in [1.82, 2.24) is 15.3 Å². The van der Waals surface area contributed by atoms with Crippen LogP contribution < -0.4 is 5.32 Å². The molecule has 0 saturated carbocycles. The summed E-state index contributed by atoms with van der Waals surface area (Å²) in [5, 5.41) is 3.37. The van der Waals surface area contributed by atoms with Gasteiger partial charge in [0.1, 0.15) is 0 Å². The minimum Gasteiger partial charge on any atom is -0.317 e. The van der Waals surface area contributed by atoms with E-state index in [0.29, 0.717) is 5.69 Å². The highest BCUT2D eigenvalue weighted by molar-refractivity contribution is 7.91. The molecule has 1 saturated heterocycles. The lowest BCUT2D eigenvalue weighted by Crippen LogP contribution is -2.31. The van der Waals surface area contributed by atoms with Gasteiger partial charge in [-0.05, 0) is 38.8 Å². The average Bonchev–Trinajstić information content (AvgIpc) is 2.30. The summed E-state index contributed by atoms with van der Waals surface area (Å²) >= 11 is 0. The van der Waals surface area contributed by atoms with Crippen LogP contribution in [-0.2, 0) is 9.84 Å². The van der Waals surface area contributed by atoms with Crippen molar-refractivity contribution in [2.24, 2.45) is 5.92 Å². The van der Waals surface area contributed by atoms with E-state index in [1.54, 1.807) is 6.92 Å². The number of nitrogens with zero attached hydrogens (tertiary/aromatic N) is 2. The maximum atomic E-state index is 12.2. The van der Waals surface area contributed by atoms with Gasteiger partial charge in [-0.25, -0.2) is 13.4 Å². The number of nitrogens with one attached hydrogen (secondary N) is 1. The summed E-state index contributed by atoms with van der Waals surface area (Å²) in [6, 6.07) is 0. The maximum Gasteiger partial charge on any atom is 0.197 e. The van der Waals surface area contributed by atoms with E-state index in [4.69, 9.17) is 0 Å². The first-order valence-corrected chi connectivity index (χ1v) is 7.46. The second kappa shape index (κ2) is 5.10. The molecule has 2 heterocycles. The molecule has 1 aromatic rings. The van der Waals surface area contributed by atoms with E-state index in [1.807, 2.05) is 0 Å². The van der Waals surface area contributed by atoms with Crippen molar-refractivity contribution >= 4 is 9.84 Å². The number of sulfone groups is 1. The number of aromatic nitrogens is 2. The van der Waals surface area contributed by atoms with Crippen LogP contribution in [0.2, 0.25) is 0 Å². The van der Waals surface area contributed by atoms with Crippen molar-refractivity contribution in [3.8, 4) is 0 Å². The summed E-state index contributed by atoms with van der Waals surface area (Å²) in [4.78, 5) is 7.93. The van der Waals surface area contributed by atoms with E-state index in [0.717, 1.165) is 25.9 Å². The van der Waals surface area contributed by atoms with E-state index in [9.17, 15) is 8.42 Å². The fourth-order valence-corrected chi connectivity index (χ4v) is 3.97. The summed E-state index contributed by atoms with van der Waals surface area (Å²) in [6.45, 7) is 3.49. The quantitative estimate of drug-likeness (QED) is 0.854. The van der Waals surface area contributed by atoms with Crippen LogP contribution in [0.5, 0.6) is 0 Å². The smallest absolute Gasteiger partial charge is 0.197 e. The Balaban J connectivity index is 2.16. The summed E-state index contributed by atoms with van der Waals surface area (Å²) < 4.78 is 24.4. The van der Waals surface area contributed by atoms with Crippen LogP contribution in [0.1, 0.15) is 18.5 Å². The van der Waals surface area contributed by atoms with Crippen LogP contribution in [0, 0.1) is 12.8 Å². The summed E-state index contributed by atoms with van der Waals surface area (Å²) in [5.41, 5.74) is 0.487. The van der Waals surface area contributed by atoms with Gasteiger partial charge in [0.25, 0.3) is 0 Å². The Bertz CT molecular complexity index is 481. The van der Waals surface area contributed by atoms with Crippen LogP contribution in [-0.4, -0.2) is 37.2 Å². The molecule has 2 rings (SSSR count). The fraction of sp³-hybridized carbons (Fsp3) is 0.636. The molecule has 1 N–H and O–H groups in total. The predicted octanol–water partition coefficient (Wildman–Crippen LogP) is 0.558. The number of piperidine rings is 1. The van der Waals surface area contributed by atoms with Gasteiger partial charge in [-0.15, -0.1) is 0 Å². The first kappa shape index (κ1) is 12.4. The van der Waals surface area contributed by atoms with Crippen molar-refractivity contribution in [2.75, 3.05) is 18.8 Å². The van der Waals surface area contributed by atoms with Crippen LogP contribution in [0.3, 0.4) is 0 Å². The van der Waals surface area contributed by atoms with Crippen molar-refractivity contribution in [2.45, 2.75) is 24.8 Å². The zero-order valence-corrected chi connectivity index (χ0v) is 10.7. The van der Waals surface area contributed by atoms with Crippen LogP contribution in [0.25, 0.3) is 0 Å². The first-order valence-electron chi connectivity index (χ1n) is 5.80. The van der Waals surface area contributed by atoms with Gasteiger partial charge in [0.15, 0.2) is 14.9 Å². The molecule has 0 radical (unpaired) electrons. The SMILES string of the molecule is Cc1nccnc1S(=O)(=O)CC1CCNCC1. The molecule has 0 bridgehead atoms. The summed E-state index contributed by atoms with van der Waals surface area (Å²) in [5.74, 6) is 0.427. The van der Waals surface area contributed by atoms with E-state index >= 15 is 0 Å². The topological polar surface area (TPSA) is 72.0 Å². The fourth-order valence-electron chi connectivity index (χ4n) is 2.14. The highest BCUT2D eigenvalue weighted by Crippen LogP contribution is 2.19. The van der Waals surface area contributed by atoms with E-state index in [-0.39, 0.29) is 16.7 Å². The largest absolute Gasteiger partial charge is 0.317 e. The lowest BCUT2D eigenvalue weighted by molar-refractivity contribution is 0.401. The third-order valence-corrected chi connectivity index (χ3v) is 4.94. The van der Waals surface area contributed by atoms with E-state index < -0.39 is 9.84 Å². The summed E-state index contributed by atoms with van der Waals surface area (Å²) in [6.07, 6.45) is 4.78. The molecule has 1 aliphatic heterocycles. The Labute approximate surface area is 102 Å². The van der Waals surface area contributed by atoms with Crippen molar-refractivity contribution in [1.29, 1.82) is 0 Å². The van der Waals surface area contributed by atoms with E-state index in [2.05, 4.69) is 15.3 Å². The molecule has 0 aliphatic carbocycles. The third-order valence-electron chi connectivity index (χ3n) is 3.04. The number of aryl methyl sites for hydroxylation is 1. The number of rotatable bonds is 3. The van der Waals surface area contributed by atoms with Crippen molar-refractivity contribution in [3.63, 3.8) is 0 Å².